The molecule has 0 spiro atoms. The van der Waals surface area contributed by atoms with Crippen LogP contribution in [-0.4, -0.2) is 49.8 Å². The lowest BCUT2D eigenvalue weighted by Crippen LogP contribution is -2.47. The molecule has 9 heteroatoms. The van der Waals surface area contributed by atoms with Crippen LogP contribution in [0.15, 0.2) is 59.5 Å². The van der Waals surface area contributed by atoms with E-state index in [0.29, 0.717) is 42.6 Å². The maximum Gasteiger partial charge on any atom is 0.337 e. The van der Waals surface area contributed by atoms with Gasteiger partial charge in [-0.05, 0) is 19.1 Å². The van der Waals surface area contributed by atoms with Gasteiger partial charge in [-0.2, -0.15) is 0 Å². The van der Waals surface area contributed by atoms with Gasteiger partial charge >= 0.3 is 5.97 Å². The smallest absolute Gasteiger partial charge is 0.337 e. The lowest BCUT2D eigenvalue weighted by atomic mass is 9.99. The summed E-state index contributed by atoms with van der Waals surface area (Å²) in [6.45, 7) is 4.55. The maximum absolute atomic E-state index is 13.7. The Bertz CT molecular complexity index is 1180. The molecule has 1 fully saturated rings. The zero-order valence-electron chi connectivity index (χ0n) is 18.1. The van der Waals surface area contributed by atoms with Crippen molar-refractivity contribution in [3.63, 3.8) is 0 Å². The first-order valence-corrected chi connectivity index (χ1v) is 12.4. The molecule has 1 unspecified atom stereocenters. The third-order valence-electron chi connectivity index (χ3n) is 5.55. The van der Waals surface area contributed by atoms with Gasteiger partial charge in [0, 0.05) is 23.5 Å². The van der Waals surface area contributed by atoms with E-state index in [0.717, 1.165) is 15.6 Å². The molecule has 1 aromatic heterocycles. The standard InChI is InChI=1S/C24H23N3O4S2/c1-2-31-22(29)24(21(28)25-17-10-6-7-11-18(17)33-24)20-19(16-8-4-3-5-9-16)26-23(32-20)27-12-14-30-15-13-27/h3-11H,2,12-15H2,1H3,(H,25,28). The SMILES string of the molecule is CCOC(=O)C1(c2sc(N3CCOCC3)nc2-c2ccccc2)Sc2ccccc2NC1=O. The summed E-state index contributed by atoms with van der Waals surface area (Å²) < 4.78 is 9.39. The fourth-order valence-corrected chi connectivity index (χ4v) is 6.56. The Morgan fingerprint density at radius 1 is 1.15 bits per heavy atom. The van der Waals surface area contributed by atoms with E-state index in [9.17, 15) is 9.59 Å². The number of nitrogens with one attached hydrogen (secondary N) is 1. The Morgan fingerprint density at radius 2 is 1.88 bits per heavy atom. The third kappa shape index (κ3) is 3.90. The molecular weight excluding hydrogens is 458 g/mol. The molecule has 170 valence electrons. The topological polar surface area (TPSA) is 80.8 Å². The highest BCUT2D eigenvalue weighted by atomic mass is 32.2. The van der Waals surface area contributed by atoms with Crippen molar-refractivity contribution in [2.24, 2.45) is 0 Å². The van der Waals surface area contributed by atoms with Crippen LogP contribution in [0.25, 0.3) is 11.3 Å². The molecule has 3 heterocycles. The second-order valence-corrected chi connectivity index (χ2v) is 9.83. The van der Waals surface area contributed by atoms with Gasteiger partial charge in [0.05, 0.1) is 36.1 Å². The molecule has 33 heavy (non-hydrogen) atoms. The predicted octanol–water partition coefficient (Wildman–Crippen LogP) is 4.15. The number of morpholine rings is 1. The number of thiazole rings is 1. The van der Waals surface area contributed by atoms with E-state index in [1.165, 1.54) is 23.1 Å². The summed E-state index contributed by atoms with van der Waals surface area (Å²) in [5.41, 5.74) is 2.16. The number of carbonyl (C=O) groups excluding carboxylic acids is 2. The van der Waals surface area contributed by atoms with Crippen LogP contribution in [0.1, 0.15) is 11.8 Å². The minimum atomic E-state index is -1.60. The van der Waals surface area contributed by atoms with E-state index in [4.69, 9.17) is 14.5 Å². The number of nitrogens with zero attached hydrogens (tertiary/aromatic N) is 2. The van der Waals surface area contributed by atoms with E-state index in [2.05, 4.69) is 10.2 Å². The molecule has 0 radical (unpaired) electrons. The summed E-state index contributed by atoms with van der Waals surface area (Å²) in [5.74, 6) is -1.00. The molecule has 2 aliphatic heterocycles. The molecule has 7 nitrogen and oxygen atoms in total. The zero-order valence-corrected chi connectivity index (χ0v) is 19.7. The number of hydrogen-bond acceptors (Lipinski definition) is 8. The van der Waals surface area contributed by atoms with Crippen molar-refractivity contribution < 1.29 is 19.1 Å². The summed E-state index contributed by atoms with van der Waals surface area (Å²) >= 11 is 2.60. The highest BCUT2D eigenvalue weighted by Gasteiger charge is 2.56. The van der Waals surface area contributed by atoms with Crippen LogP contribution in [0, 0.1) is 0 Å². The highest BCUT2D eigenvalue weighted by Crippen LogP contribution is 2.54. The number of benzene rings is 2. The first-order valence-electron chi connectivity index (χ1n) is 10.8. The molecule has 0 aliphatic carbocycles. The van der Waals surface area contributed by atoms with Crippen LogP contribution in [0.4, 0.5) is 10.8 Å². The van der Waals surface area contributed by atoms with Gasteiger partial charge in [0.1, 0.15) is 0 Å². The molecule has 3 aromatic rings. The molecule has 2 aromatic carbocycles. The Balaban J connectivity index is 1.71. The highest BCUT2D eigenvalue weighted by molar-refractivity contribution is 8.02. The molecule has 1 N–H and O–H groups in total. The quantitative estimate of drug-likeness (QED) is 0.433. The van der Waals surface area contributed by atoms with Gasteiger partial charge in [-0.1, -0.05) is 65.6 Å². The fourth-order valence-electron chi connectivity index (χ4n) is 3.92. The third-order valence-corrected chi connectivity index (χ3v) is 8.35. The monoisotopic (exact) mass is 481 g/mol. The second kappa shape index (κ2) is 9.17. The van der Waals surface area contributed by atoms with Crippen LogP contribution in [-0.2, 0) is 23.8 Å². The van der Waals surface area contributed by atoms with E-state index in [-0.39, 0.29) is 6.61 Å². The van der Waals surface area contributed by atoms with E-state index >= 15 is 0 Å². The largest absolute Gasteiger partial charge is 0.464 e. The van der Waals surface area contributed by atoms with Crippen molar-refractivity contribution in [2.45, 2.75) is 16.6 Å². The van der Waals surface area contributed by atoms with Crippen molar-refractivity contribution in [3.05, 3.63) is 59.5 Å². The van der Waals surface area contributed by atoms with E-state index in [1.54, 1.807) is 6.92 Å². The van der Waals surface area contributed by atoms with Gasteiger partial charge in [0.2, 0.25) is 4.75 Å². The molecule has 5 rings (SSSR count). The van der Waals surface area contributed by atoms with Crippen LogP contribution in [0.3, 0.4) is 0 Å². The van der Waals surface area contributed by atoms with Crippen molar-refractivity contribution in [1.82, 2.24) is 4.98 Å². The Hall–Kier alpha value is -2.88. The van der Waals surface area contributed by atoms with Crippen LogP contribution in [0.2, 0.25) is 0 Å². The Kier molecular flexibility index (Phi) is 6.09. The van der Waals surface area contributed by atoms with E-state index < -0.39 is 16.6 Å². The van der Waals surface area contributed by atoms with Crippen molar-refractivity contribution in [1.29, 1.82) is 0 Å². The first-order chi connectivity index (χ1) is 16.1. The number of fused-ring (bicyclic) bond motifs is 1. The Labute approximate surface area is 200 Å². The molecule has 0 bridgehead atoms. The predicted molar refractivity (Wildman–Crippen MR) is 130 cm³/mol. The van der Waals surface area contributed by atoms with Gasteiger partial charge in [0.15, 0.2) is 5.13 Å². The summed E-state index contributed by atoms with van der Waals surface area (Å²) in [7, 11) is 0. The molecule has 1 saturated heterocycles. The minimum Gasteiger partial charge on any atom is -0.464 e. The zero-order chi connectivity index (χ0) is 22.8. The number of rotatable bonds is 5. The number of esters is 1. The van der Waals surface area contributed by atoms with Crippen molar-refractivity contribution >= 4 is 45.8 Å². The molecule has 2 aliphatic rings. The number of anilines is 2. The van der Waals surface area contributed by atoms with Crippen molar-refractivity contribution in [3.8, 4) is 11.3 Å². The van der Waals surface area contributed by atoms with Gasteiger partial charge in [-0.15, -0.1) is 0 Å². The first kappa shape index (κ1) is 21.9. The molecular formula is C24H23N3O4S2. The minimum absolute atomic E-state index is 0.172. The number of para-hydroxylation sites is 1. The van der Waals surface area contributed by atoms with Crippen LogP contribution in [0.5, 0.6) is 0 Å². The number of hydrogen-bond donors (Lipinski definition) is 1. The summed E-state index contributed by atoms with van der Waals surface area (Å²) in [5, 5.41) is 3.71. The van der Waals surface area contributed by atoms with Crippen LogP contribution >= 0.6 is 23.1 Å². The summed E-state index contributed by atoms with van der Waals surface area (Å²) in [4.78, 5) is 35.7. The fraction of sp³-hybridized carbons (Fsp3) is 0.292. The molecule has 0 saturated carbocycles. The normalized spacial score (nSPS) is 20.2. The summed E-state index contributed by atoms with van der Waals surface area (Å²) in [6.07, 6.45) is 0. The van der Waals surface area contributed by atoms with Gasteiger partial charge in [-0.25, -0.2) is 9.78 Å². The molecule has 1 amide bonds. The lowest BCUT2D eigenvalue weighted by Gasteiger charge is -2.33. The number of ether oxygens (including phenoxy) is 2. The van der Waals surface area contributed by atoms with Gasteiger partial charge in [-0.3, -0.25) is 4.79 Å². The average Bonchev–Trinajstić information content (AvgIpc) is 3.31. The number of carbonyl (C=O) groups is 2. The molecule has 1 atom stereocenters. The summed E-state index contributed by atoms with van der Waals surface area (Å²) in [6, 6.07) is 17.1. The number of aromatic nitrogens is 1. The van der Waals surface area contributed by atoms with Crippen molar-refractivity contribution in [2.75, 3.05) is 43.1 Å². The second-order valence-electron chi connectivity index (χ2n) is 7.59. The Morgan fingerprint density at radius 3 is 2.64 bits per heavy atom. The number of amides is 1. The van der Waals surface area contributed by atoms with Gasteiger partial charge in [0.25, 0.3) is 5.91 Å². The lowest BCUT2D eigenvalue weighted by molar-refractivity contribution is -0.149. The average molecular weight is 482 g/mol. The van der Waals surface area contributed by atoms with Crippen LogP contribution < -0.4 is 10.2 Å². The van der Waals surface area contributed by atoms with E-state index in [1.807, 2.05) is 54.6 Å². The number of thioether (sulfide) groups is 1. The maximum atomic E-state index is 13.7. The van der Waals surface area contributed by atoms with Gasteiger partial charge < -0.3 is 19.7 Å².